The van der Waals surface area contributed by atoms with Crippen LogP contribution in [-0.4, -0.2) is 17.6 Å². The van der Waals surface area contributed by atoms with Crippen molar-refractivity contribution < 1.29 is 14.7 Å². The van der Waals surface area contributed by atoms with Gasteiger partial charge in [0, 0.05) is 10.0 Å². The number of hydrogen-bond donors (Lipinski definition) is 2. The summed E-state index contributed by atoms with van der Waals surface area (Å²) in [5.41, 5.74) is 6.15. The second-order valence-corrected chi connectivity index (χ2v) is 5.92. The highest BCUT2D eigenvalue weighted by molar-refractivity contribution is 9.10. The van der Waals surface area contributed by atoms with E-state index >= 15 is 0 Å². The summed E-state index contributed by atoms with van der Waals surface area (Å²) >= 11 is 5.08. The highest BCUT2D eigenvalue weighted by Gasteiger charge is 2.10. The molecule has 21 heavy (non-hydrogen) atoms. The third-order valence-corrected chi connectivity index (χ3v) is 4.60. The van der Waals surface area contributed by atoms with E-state index in [4.69, 9.17) is 20.4 Å². The molecule has 1 aromatic carbocycles. The maximum absolute atomic E-state index is 8.72. The predicted molar refractivity (Wildman–Crippen MR) is 86.5 cm³/mol. The molecule has 0 unspecified atom stereocenters. The molecular formula is C14H15BrN2O3S. The summed E-state index contributed by atoms with van der Waals surface area (Å²) in [4.78, 5) is 1.10. The third kappa shape index (κ3) is 3.89. The summed E-state index contributed by atoms with van der Waals surface area (Å²) in [6, 6.07) is 7.14. The summed E-state index contributed by atoms with van der Waals surface area (Å²) in [6.07, 6.45) is 0. The van der Waals surface area contributed by atoms with Gasteiger partial charge in [-0.3, -0.25) is 0 Å². The molecule has 0 atom stereocenters. The fourth-order valence-corrected chi connectivity index (χ4v) is 3.06. The molecule has 0 saturated heterocycles. The number of oxime groups is 1. The molecule has 0 bridgehead atoms. The van der Waals surface area contributed by atoms with Gasteiger partial charge in [-0.1, -0.05) is 5.16 Å². The molecule has 0 aliphatic carbocycles. The number of benzene rings is 1. The number of nitrogens with zero attached hydrogens (tertiary/aromatic N) is 1. The molecule has 3 N–H and O–H groups in total. The van der Waals surface area contributed by atoms with Gasteiger partial charge in [-0.15, -0.1) is 11.3 Å². The van der Waals surface area contributed by atoms with Gasteiger partial charge in [0.1, 0.15) is 6.61 Å². The normalized spacial score (nSPS) is 11.4. The van der Waals surface area contributed by atoms with Crippen molar-refractivity contribution in [2.45, 2.75) is 13.5 Å². The Kier molecular flexibility index (Phi) is 5.46. The number of rotatable bonds is 6. The molecule has 0 amide bonds. The average molecular weight is 371 g/mol. The number of ether oxygens (including phenoxy) is 2. The van der Waals surface area contributed by atoms with Gasteiger partial charge in [-0.05, 0) is 52.5 Å². The molecule has 2 aromatic rings. The highest BCUT2D eigenvalue weighted by atomic mass is 79.9. The van der Waals surface area contributed by atoms with Gasteiger partial charge in [0.25, 0.3) is 0 Å². The Morgan fingerprint density at radius 2 is 2.14 bits per heavy atom. The lowest BCUT2D eigenvalue weighted by Gasteiger charge is -2.13. The summed E-state index contributed by atoms with van der Waals surface area (Å²) in [7, 11) is 0. The number of amidine groups is 1. The minimum Gasteiger partial charge on any atom is -0.490 e. The van der Waals surface area contributed by atoms with Crippen LogP contribution in [0.25, 0.3) is 0 Å². The van der Waals surface area contributed by atoms with Crippen LogP contribution in [0.5, 0.6) is 11.5 Å². The van der Waals surface area contributed by atoms with Gasteiger partial charge in [0.15, 0.2) is 17.3 Å². The van der Waals surface area contributed by atoms with Gasteiger partial charge in [-0.25, -0.2) is 0 Å². The van der Waals surface area contributed by atoms with E-state index in [-0.39, 0.29) is 5.84 Å². The Labute approximate surface area is 135 Å². The van der Waals surface area contributed by atoms with Crippen molar-refractivity contribution in [3.8, 4) is 11.5 Å². The van der Waals surface area contributed by atoms with Gasteiger partial charge >= 0.3 is 0 Å². The van der Waals surface area contributed by atoms with Crippen molar-refractivity contribution in [1.29, 1.82) is 0 Å². The fourth-order valence-electron chi connectivity index (χ4n) is 1.68. The van der Waals surface area contributed by atoms with E-state index in [9.17, 15) is 0 Å². The maximum Gasteiger partial charge on any atom is 0.170 e. The van der Waals surface area contributed by atoms with Gasteiger partial charge < -0.3 is 20.4 Å². The van der Waals surface area contributed by atoms with Gasteiger partial charge in [0.05, 0.1) is 11.5 Å². The smallest absolute Gasteiger partial charge is 0.170 e. The van der Waals surface area contributed by atoms with E-state index < -0.39 is 0 Å². The zero-order valence-electron chi connectivity index (χ0n) is 11.4. The molecule has 1 heterocycles. The topological polar surface area (TPSA) is 77.1 Å². The second kappa shape index (κ2) is 7.33. The van der Waals surface area contributed by atoms with Crippen molar-refractivity contribution >= 4 is 33.1 Å². The van der Waals surface area contributed by atoms with Crippen LogP contribution in [0.1, 0.15) is 17.4 Å². The molecule has 5 nitrogen and oxygen atoms in total. The van der Waals surface area contributed by atoms with E-state index in [0.717, 1.165) is 9.35 Å². The molecule has 7 heteroatoms. The first-order chi connectivity index (χ1) is 10.2. The maximum atomic E-state index is 8.72. The molecule has 112 valence electrons. The molecule has 0 aliphatic heterocycles. The highest BCUT2D eigenvalue weighted by Crippen LogP contribution is 2.31. The van der Waals surface area contributed by atoms with Crippen LogP contribution in [0.4, 0.5) is 0 Å². The Morgan fingerprint density at radius 3 is 2.76 bits per heavy atom. The van der Waals surface area contributed by atoms with Crippen molar-refractivity contribution in [2.75, 3.05) is 6.61 Å². The second-order valence-electron chi connectivity index (χ2n) is 4.06. The van der Waals surface area contributed by atoms with Crippen molar-refractivity contribution in [1.82, 2.24) is 0 Å². The van der Waals surface area contributed by atoms with Crippen LogP contribution in [0.3, 0.4) is 0 Å². The Bertz CT molecular complexity index is 643. The minimum atomic E-state index is 0.0310. The molecular weight excluding hydrogens is 356 g/mol. The summed E-state index contributed by atoms with van der Waals surface area (Å²) < 4.78 is 12.4. The quantitative estimate of drug-likeness (QED) is 0.352. The lowest BCUT2D eigenvalue weighted by molar-refractivity contribution is 0.271. The Balaban J connectivity index is 2.20. The standard InChI is InChI=1S/C14H15BrN2O3S/c1-2-19-12-7-9(14(16)17-18)3-4-11(12)20-8-13-10(15)5-6-21-13/h3-7,18H,2,8H2,1H3,(H2,16,17). The zero-order chi connectivity index (χ0) is 15.2. The lowest BCUT2D eigenvalue weighted by Crippen LogP contribution is -2.13. The lowest BCUT2D eigenvalue weighted by atomic mass is 10.2. The predicted octanol–water partition coefficient (Wildman–Crippen LogP) is 3.58. The minimum absolute atomic E-state index is 0.0310. The Hall–Kier alpha value is -1.73. The number of halogens is 1. The largest absolute Gasteiger partial charge is 0.490 e. The van der Waals surface area contributed by atoms with E-state index in [2.05, 4.69) is 21.1 Å². The molecule has 1 aromatic heterocycles. The van der Waals surface area contributed by atoms with Crippen LogP contribution in [0.15, 0.2) is 39.3 Å². The SMILES string of the molecule is CCOc1cc(C(N)=NO)ccc1OCc1sccc1Br. The van der Waals surface area contributed by atoms with Crippen molar-refractivity contribution in [3.63, 3.8) is 0 Å². The van der Waals surface area contributed by atoms with Crippen molar-refractivity contribution in [2.24, 2.45) is 10.9 Å². The van der Waals surface area contributed by atoms with Crippen molar-refractivity contribution in [3.05, 3.63) is 44.6 Å². The number of thiophene rings is 1. The molecule has 0 saturated carbocycles. The van der Waals surface area contributed by atoms with E-state index in [1.54, 1.807) is 29.5 Å². The van der Waals surface area contributed by atoms with E-state index in [1.165, 1.54) is 0 Å². The number of hydrogen-bond acceptors (Lipinski definition) is 5. The van der Waals surface area contributed by atoms with Gasteiger partial charge in [0.2, 0.25) is 0 Å². The first-order valence-electron chi connectivity index (χ1n) is 6.25. The fraction of sp³-hybridized carbons (Fsp3) is 0.214. The zero-order valence-corrected chi connectivity index (χ0v) is 13.8. The van der Waals surface area contributed by atoms with E-state index in [1.807, 2.05) is 18.4 Å². The molecule has 2 rings (SSSR count). The number of nitrogens with two attached hydrogens (primary N) is 1. The average Bonchev–Trinajstić information content (AvgIpc) is 2.90. The molecule has 0 radical (unpaired) electrons. The Morgan fingerprint density at radius 1 is 1.33 bits per heavy atom. The van der Waals surface area contributed by atoms with Crippen LogP contribution in [-0.2, 0) is 6.61 Å². The summed E-state index contributed by atoms with van der Waals surface area (Å²) in [5.74, 6) is 1.21. The summed E-state index contributed by atoms with van der Waals surface area (Å²) in [5, 5.41) is 13.7. The molecule has 0 fully saturated rings. The summed E-state index contributed by atoms with van der Waals surface area (Å²) in [6.45, 7) is 2.83. The van der Waals surface area contributed by atoms with Crippen LogP contribution < -0.4 is 15.2 Å². The van der Waals surface area contributed by atoms with Crippen LogP contribution >= 0.6 is 27.3 Å². The third-order valence-electron chi connectivity index (χ3n) is 2.70. The van der Waals surface area contributed by atoms with Crippen LogP contribution in [0, 0.1) is 0 Å². The molecule has 0 aliphatic rings. The van der Waals surface area contributed by atoms with Gasteiger partial charge in [-0.2, -0.15) is 0 Å². The first-order valence-corrected chi connectivity index (χ1v) is 7.92. The molecule has 0 spiro atoms. The van der Waals surface area contributed by atoms with E-state index in [0.29, 0.717) is 30.3 Å². The first kappa shape index (κ1) is 15.7. The monoisotopic (exact) mass is 370 g/mol. The van der Waals surface area contributed by atoms with Crippen LogP contribution in [0.2, 0.25) is 0 Å².